The number of carboxylic acid groups (broad SMARTS) is 1. The van der Waals surface area contributed by atoms with E-state index in [9.17, 15) is 9.59 Å². The minimum absolute atomic E-state index is 0.0470. The molecule has 2 unspecified atom stereocenters. The van der Waals surface area contributed by atoms with Gasteiger partial charge in [0.15, 0.2) is 0 Å². The molecule has 2 aliphatic rings. The molecule has 2 heterocycles. The lowest BCUT2D eigenvalue weighted by molar-refractivity contribution is -0.137. The molecule has 2 atom stereocenters. The highest BCUT2D eigenvalue weighted by molar-refractivity contribution is 7.10. The van der Waals surface area contributed by atoms with E-state index >= 15 is 0 Å². The molecule has 1 amide bonds. The van der Waals surface area contributed by atoms with Gasteiger partial charge < -0.3 is 10.0 Å². The van der Waals surface area contributed by atoms with Crippen LogP contribution >= 0.6 is 11.3 Å². The second-order valence-corrected chi connectivity index (χ2v) is 7.26. The van der Waals surface area contributed by atoms with Crippen molar-refractivity contribution in [2.45, 2.75) is 51.5 Å². The number of aliphatic carboxylic acids is 1. The van der Waals surface area contributed by atoms with Crippen LogP contribution in [0.2, 0.25) is 0 Å². The van der Waals surface area contributed by atoms with Crippen LogP contribution in [0.1, 0.15) is 53.4 Å². The molecule has 0 spiro atoms. The molecule has 21 heavy (non-hydrogen) atoms. The van der Waals surface area contributed by atoms with Crippen LogP contribution < -0.4 is 0 Å². The topological polar surface area (TPSA) is 57.6 Å². The van der Waals surface area contributed by atoms with Crippen molar-refractivity contribution >= 4 is 23.2 Å². The zero-order valence-electron chi connectivity index (χ0n) is 12.3. The molecule has 4 nitrogen and oxygen atoms in total. The summed E-state index contributed by atoms with van der Waals surface area (Å²) in [5.74, 6) is -0.0719. The number of amides is 1. The molecule has 0 bridgehead atoms. The minimum atomic E-state index is -0.819. The highest BCUT2D eigenvalue weighted by Gasteiger charge is 2.33. The van der Waals surface area contributed by atoms with Gasteiger partial charge in [0.2, 0.25) is 0 Å². The molecule has 0 aromatic carbocycles. The maximum Gasteiger partial charge on any atom is 0.305 e. The Morgan fingerprint density at radius 3 is 3.00 bits per heavy atom. The van der Waals surface area contributed by atoms with Crippen LogP contribution in [0, 0.1) is 5.92 Å². The van der Waals surface area contributed by atoms with E-state index in [1.165, 1.54) is 10.4 Å². The number of carboxylic acids is 1. The molecular formula is C16H21NO3S. The first-order chi connectivity index (χ1) is 10.1. The summed E-state index contributed by atoms with van der Waals surface area (Å²) in [6, 6.07) is -0.131. The van der Waals surface area contributed by atoms with Crippen LogP contribution in [-0.4, -0.2) is 34.5 Å². The van der Waals surface area contributed by atoms with Crippen molar-refractivity contribution in [1.29, 1.82) is 0 Å². The molecule has 1 aliphatic heterocycles. The van der Waals surface area contributed by atoms with Gasteiger partial charge >= 0.3 is 5.97 Å². The van der Waals surface area contributed by atoms with Crippen LogP contribution in [0.5, 0.6) is 0 Å². The van der Waals surface area contributed by atoms with E-state index in [0.717, 1.165) is 37.7 Å². The summed E-state index contributed by atoms with van der Waals surface area (Å²) in [6.45, 7) is 2.95. The fourth-order valence-electron chi connectivity index (χ4n) is 3.53. The van der Waals surface area contributed by atoms with Crippen molar-refractivity contribution in [3.8, 4) is 0 Å². The van der Waals surface area contributed by atoms with Crippen molar-refractivity contribution in [2.24, 2.45) is 5.92 Å². The quantitative estimate of drug-likeness (QED) is 0.934. The molecule has 114 valence electrons. The average Bonchev–Trinajstić information content (AvgIpc) is 3.03. The number of carbonyl (C=O) groups excluding carboxylic acids is 1. The van der Waals surface area contributed by atoms with Gasteiger partial charge in [-0.15, -0.1) is 11.3 Å². The third-order valence-corrected chi connectivity index (χ3v) is 5.73. The van der Waals surface area contributed by atoms with Gasteiger partial charge in [0.1, 0.15) is 0 Å². The summed E-state index contributed by atoms with van der Waals surface area (Å²) in [4.78, 5) is 26.9. The highest BCUT2D eigenvalue weighted by atomic mass is 32.1. The predicted molar refractivity (Wildman–Crippen MR) is 81.8 cm³/mol. The van der Waals surface area contributed by atoms with Gasteiger partial charge in [-0.05, 0) is 43.6 Å². The molecule has 1 aromatic rings. The van der Waals surface area contributed by atoms with E-state index in [1.54, 1.807) is 16.2 Å². The third-order valence-electron chi connectivity index (χ3n) is 4.68. The maximum atomic E-state index is 12.8. The Balaban J connectivity index is 1.81. The van der Waals surface area contributed by atoms with Crippen LogP contribution in [0.3, 0.4) is 0 Å². The molecule has 5 heteroatoms. The lowest BCUT2D eigenvalue weighted by atomic mass is 9.88. The smallest absolute Gasteiger partial charge is 0.305 e. The van der Waals surface area contributed by atoms with Crippen molar-refractivity contribution in [3.05, 3.63) is 21.4 Å². The van der Waals surface area contributed by atoms with Crippen molar-refractivity contribution in [2.75, 3.05) is 6.54 Å². The SMILES string of the molecule is CC1CCc2c(C(=O)N3CCCC3CC(=O)O)csc2C1. The number of thiophene rings is 1. The van der Waals surface area contributed by atoms with E-state index in [1.807, 2.05) is 5.38 Å². The van der Waals surface area contributed by atoms with Gasteiger partial charge in [-0.1, -0.05) is 6.92 Å². The Morgan fingerprint density at radius 1 is 1.43 bits per heavy atom. The molecule has 1 saturated heterocycles. The second kappa shape index (κ2) is 5.79. The Morgan fingerprint density at radius 2 is 2.24 bits per heavy atom. The van der Waals surface area contributed by atoms with E-state index < -0.39 is 5.97 Å². The predicted octanol–water partition coefficient (Wildman–Crippen LogP) is 2.95. The Hall–Kier alpha value is -1.36. The molecule has 1 N–H and O–H groups in total. The molecule has 3 rings (SSSR count). The number of hydrogen-bond donors (Lipinski definition) is 1. The van der Waals surface area contributed by atoms with Crippen molar-refractivity contribution < 1.29 is 14.7 Å². The zero-order valence-corrected chi connectivity index (χ0v) is 13.1. The minimum Gasteiger partial charge on any atom is -0.481 e. The number of nitrogens with zero attached hydrogens (tertiary/aromatic N) is 1. The van der Waals surface area contributed by atoms with Crippen LogP contribution in [0.15, 0.2) is 5.38 Å². The summed E-state index contributed by atoms with van der Waals surface area (Å²) >= 11 is 1.69. The third kappa shape index (κ3) is 2.84. The molecule has 1 aliphatic carbocycles. The summed E-state index contributed by atoms with van der Waals surface area (Å²) in [5.41, 5.74) is 2.06. The first-order valence-electron chi connectivity index (χ1n) is 7.68. The monoisotopic (exact) mass is 307 g/mol. The Bertz CT molecular complexity index is 566. The molecule has 0 radical (unpaired) electrons. The van der Waals surface area contributed by atoms with E-state index in [2.05, 4.69) is 6.92 Å². The van der Waals surface area contributed by atoms with E-state index in [0.29, 0.717) is 12.5 Å². The first kappa shape index (κ1) is 14.6. The summed E-state index contributed by atoms with van der Waals surface area (Å²) in [7, 11) is 0. The number of rotatable bonds is 3. The van der Waals surface area contributed by atoms with E-state index in [4.69, 9.17) is 5.11 Å². The average molecular weight is 307 g/mol. The second-order valence-electron chi connectivity index (χ2n) is 6.29. The molecular weight excluding hydrogens is 286 g/mol. The van der Waals surface area contributed by atoms with Crippen molar-refractivity contribution in [1.82, 2.24) is 4.90 Å². The van der Waals surface area contributed by atoms with Gasteiger partial charge in [-0.3, -0.25) is 9.59 Å². The number of carbonyl (C=O) groups is 2. The Kier molecular flexibility index (Phi) is 4.02. The fourth-order valence-corrected chi connectivity index (χ4v) is 4.77. The van der Waals surface area contributed by atoms with Gasteiger partial charge in [0.05, 0.1) is 12.0 Å². The van der Waals surface area contributed by atoms with Crippen molar-refractivity contribution in [3.63, 3.8) is 0 Å². The largest absolute Gasteiger partial charge is 0.481 e. The van der Waals surface area contributed by atoms with Gasteiger partial charge in [0.25, 0.3) is 5.91 Å². The summed E-state index contributed by atoms with van der Waals surface area (Å²) < 4.78 is 0. The normalized spacial score (nSPS) is 24.9. The van der Waals surface area contributed by atoms with Gasteiger partial charge in [0, 0.05) is 22.8 Å². The number of hydrogen-bond acceptors (Lipinski definition) is 3. The molecule has 1 aromatic heterocycles. The lowest BCUT2D eigenvalue weighted by Crippen LogP contribution is -2.37. The van der Waals surface area contributed by atoms with Crippen LogP contribution in [0.4, 0.5) is 0 Å². The maximum absolute atomic E-state index is 12.8. The standard InChI is InChI=1S/C16H21NO3S/c1-10-4-5-12-13(9-21-14(12)7-10)16(20)17-6-2-3-11(17)8-15(18)19/h9-11H,2-8H2,1H3,(H,18,19). The van der Waals surface area contributed by atoms with Gasteiger partial charge in [-0.2, -0.15) is 0 Å². The number of fused-ring (bicyclic) bond motifs is 1. The van der Waals surface area contributed by atoms with Crippen LogP contribution in [0.25, 0.3) is 0 Å². The number of likely N-dealkylation sites (tertiary alicyclic amines) is 1. The lowest BCUT2D eigenvalue weighted by Gasteiger charge is -2.25. The van der Waals surface area contributed by atoms with E-state index in [-0.39, 0.29) is 18.4 Å². The van der Waals surface area contributed by atoms with Gasteiger partial charge in [-0.25, -0.2) is 0 Å². The summed E-state index contributed by atoms with van der Waals surface area (Å²) in [6.07, 6.45) is 4.98. The fraction of sp³-hybridized carbons (Fsp3) is 0.625. The first-order valence-corrected chi connectivity index (χ1v) is 8.56. The highest BCUT2D eigenvalue weighted by Crippen LogP contribution is 2.34. The molecule has 1 fully saturated rings. The van der Waals surface area contributed by atoms with Crippen LogP contribution in [-0.2, 0) is 17.6 Å². The molecule has 0 saturated carbocycles. The Labute approximate surface area is 128 Å². The summed E-state index contributed by atoms with van der Waals surface area (Å²) in [5, 5.41) is 11.0. The zero-order chi connectivity index (χ0) is 15.0.